The van der Waals surface area contributed by atoms with Gasteiger partial charge in [-0.2, -0.15) is 0 Å². The Balaban J connectivity index is 1.60. The number of aliphatic imine (C=N–C) groups is 1. The number of para-hydroxylation sites is 2. The van der Waals surface area contributed by atoms with Gasteiger partial charge in [-0.1, -0.05) is 18.2 Å². The fourth-order valence-electron chi connectivity index (χ4n) is 3.44. The van der Waals surface area contributed by atoms with E-state index in [9.17, 15) is 0 Å². The maximum atomic E-state index is 4.74. The molecule has 0 amide bonds. The summed E-state index contributed by atoms with van der Waals surface area (Å²) in [6, 6.07) is 12.5. The largest absolute Gasteiger partial charge is 0.333 e. The van der Waals surface area contributed by atoms with Crippen molar-refractivity contribution in [3.63, 3.8) is 0 Å². The van der Waals surface area contributed by atoms with Crippen LogP contribution < -0.4 is 4.90 Å². The summed E-state index contributed by atoms with van der Waals surface area (Å²) >= 11 is 1.70. The van der Waals surface area contributed by atoms with Crippen molar-refractivity contribution in [3.05, 3.63) is 46.7 Å². The quantitative estimate of drug-likeness (QED) is 0.713. The number of rotatable bonds is 5. The molecule has 1 aliphatic rings. The summed E-state index contributed by atoms with van der Waals surface area (Å²) in [6.45, 7) is 4.75. The minimum absolute atomic E-state index is 0.820. The highest BCUT2D eigenvalue weighted by atomic mass is 32.1. The van der Waals surface area contributed by atoms with Crippen molar-refractivity contribution in [2.24, 2.45) is 4.99 Å². The fourth-order valence-corrected chi connectivity index (χ4v) is 4.02. The number of thiophene rings is 1. The minimum atomic E-state index is 0.820. The highest BCUT2D eigenvalue weighted by Gasteiger charge is 2.15. The third kappa shape index (κ3) is 3.42. The number of nitrogens with one attached hydrogen (secondary N) is 1. The van der Waals surface area contributed by atoms with E-state index in [-0.39, 0.29) is 0 Å². The van der Waals surface area contributed by atoms with Crippen LogP contribution in [-0.2, 0) is 6.54 Å². The van der Waals surface area contributed by atoms with E-state index in [2.05, 4.69) is 45.3 Å². The smallest absolute Gasteiger partial charge is 0.230 e. The Morgan fingerprint density at radius 3 is 2.83 bits per heavy atom. The highest BCUT2D eigenvalue weighted by molar-refractivity contribution is 7.11. The summed E-state index contributed by atoms with van der Waals surface area (Å²) in [5.74, 6) is 0.820. The number of fused-ring (bicyclic) bond motifs is 1. The molecule has 3 aromatic rings. The van der Waals surface area contributed by atoms with Crippen LogP contribution in [0.2, 0.25) is 0 Å². The van der Waals surface area contributed by atoms with Gasteiger partial charge in [-0.3, -0.25) is 0 Å². The van der Waals surface area contributed by atoms with Crippen LogP contribution in [0.15, 0.2) is 46.8 Å². The van der Waals surface area contributed by atoms with Crippen molar-refractivity contribution in [3.8, 4) is 0 Å². The van der Waals surface area contributed by atoms with E-state index in [4.69, 9.17) is 4.98 Å². The van der Waals surface area contributed by atoms with Gasteiger partial charge in [-0.05, 0) is 42.8 Å². The first-order chi connectivity index (χ1) is 11.9. The molecule has 1 aliphatic heterocycles. The van der Waals surface area contributed by atoms with Gasteiger partial charge in [0.15, 0.2) is 0 Å². The Labute approximate surface area is 146 Å². The zero-order chi connectivity index (χ0) is 16.2. The molecule has 4 nitrogen and oxygen atoms in total. The molecule has 0 bridgehead atoms. The van der Waals surface area contributed by atoms with E-state index < -0.39 is 0 Å². The molecule has 124 valence electrons. The van der Waals surface area contributed by atoms with Crippen molar-refractivity contribution >= 4 is 34.5 Å². The lowest BCUT2D eigenvalue weighted by Gasteiger charge is -2.23. The van der Waals surface area contributed by atoms with Crippen LogP contribution in [0, 0.1) is 0 Å². The number of hydrogen-bond donors (Lipinski definition) is 1. The number of imidazole rings is 1. The number of hydrogen-bond acceptors (Lipinski definition) is 3. The van der Waals surface area contributed by atoms with Crippen molar-refractivity contribution in [2.75, 3.05) is 19.6 Å². The highest BCUT2D eigenvalue weighted by Crippen LogP contribution is 2.21. The number of benzene rings is 1. The van der Waals surface area contributed by atoms with Crippen molar-refractivity contribution in [1.29, 1.82) is 0 Å². The van der Waals surface area contributed by atoms with Crippen LogP contribution >= 0.6 is 11.3 Å². The summed E-state index contributed by atoms with van der Waals surface area (Å²) in [6.07, 6.45) is 6.05. The third-order valence-electron chi connectivity index (χ3n) is 4.73. The molecule has 1 aromatic carbocycles. The summed E-state index contributed by atoms with van der Waals surface area (Å²) in [5, 5.41) is 2.07. The summed E-state index contributed by atoms with van der Waals surface area (Å²) in [7, 11) is 0. The van der Waals surface area contributed by atoms with E-state index in [1.165, 1.54) is 37.9 Å². The molecule has 0 radical (unpaired) electrons. The van der Waals surface area contributed by atoms with Crippen LogP contribution in [-0.4, -0.2) is 35.4 Å². The second-order valence-electron chi connectivity index (χ2n) is 6.39. The van der Waals surface area contributed by atoms with Gasteiger partial charge in [-0.15, -0.1) is 11.3 Å². The molecular formula is C19H23N4S+. The average Bonchev–Trinajstić information content (AvgIpc) is 3.26. The van der Waals surface area contributed by atoms with Crippen molar-refractivity contribution in [1.82, 2.24) is 9.55 Å². The van der Waals surface area contributed by atoms with Crippen LogP contribution in [0.3, 0.4) is 0 Å². The maximum Gasteiger partial charge on any atom is 0.230 e. The molecule has 0 atom stereocenters. The Morgan fingerprint density at radius 1 is 1.12 bits per heavy atom. The van der Waals surface area contributed by atoms with E-state index in [1.807, 2.05) is 12.3 Å². The van der Waals surface area contributed by atoms with Gasteiger partial charge in [0.05, 0.1) is 37.2 Å². The van der Waals surface area contributed by atoms with Gasteiger partial charge < -0.3 is 9.47 Å². The molecule has 1 N–H and O–H groups in total. The van der Waals surface area contributed by atoms with Crippen molar-refractivity contribution in [2.45, 2.75) is 25.8 Å². The minimum Gasteiger partial charge on any atom is -0.333 e. The Hall–Kier alpha value is -1.98. The van der Waals surface area contributed by atoms with E-state index in [1.54, 1.807) is 16.2 Å². The van der Waals surface area contributed by atoms with Gasteiger partial charge in [0.2, 0.25) is 5.95 Å². The van der Waals surface area contributed by atoms with Crippen LogP contribution in [0.25, 0.3) is 11.0 Å². The summed E-state index contributed by atoms with van der Waals surface area (Å²) in [4.78, 5) is 12.3. The summed E-state index contributed by atoms with van der Waals surface area (Å²) < 4.78 is 2.28. The first-order valence-corrected chi connectivity index (χ1v) is 9.64. The fraction of sp³-hybridized carbons (Fsp3) is 0.368. The molecule has 3 heterocycles. The van der Waals surface area contributed by atoms with E-state index in [0.717, 1.165) is 29.4 Å². The molecule has 1 saturated heterocycles. The molecule has 2 aromatic heterocycles. The Kier molecular flexibility index (Phi) is 4.71. The monoisotopic (exact) mass is 339 g/mol. The zero-order valence-electron chi connectivity index (χ0n) is 13.8. The SMILES string of the molecule is C(=Nc1nc2ccccc2n1CC[NH+]1CCCCC1)c1cccs1. The zero-order valence-corrected chi connectivity index (χ0v) is 14.6. The first kappa shape index (κ1) is 15.5. The van der Waals surface area contributed by atoms with Crippen LogP contribution in [0.5, 0.6) is 0 Å². The lowest BCUT2D eigenvalue weighted by atomic mass is 10.1. The van der Waals surface area contributed by atoms with Crippen LogP contribution in [0.4, 0.5) is 5.95 Å². The molecule has 0 aliphatic carbocycles. The lowest BCUT2D eigenvalue weighted by molar-refractivity contribution is -0.905. The second-order valence-corrected chi connectivity index (χ2v) is 7.37. The van der Waals surface area contributed by atoms with Crippen molar-refractivity contribution < 1.29 is 4.90 Å². The molecule has 24 heavy (non-hydrogen) atoms. The topological polar surface area (TPSA) is 34.6 Å². The van der Waals surface area contributed by atoms with Gasteiger partial charge in [0.1, 0.15) is 0 Å². The molecule has 0 spiro atoms. The number of likely N-dealkylation sites (tertiary alicyclic amines) is 1. The Morgan fingerprint density at radius 2 is 2.00 bits per heavy atom. The molecule has 1 fully saturated rings. The maximum absolute atomic E-state index is 4.74. The van der Waals surface area contributed by atoms with Crippen LogP contribution in [0.1, 0.15) is 24.1 Å². The number of nitrogens with zero attached hydrogens (tertiary/aromatic N) is 3. The molecule has 0 unspecified atom stereocenters. The number of aromatic nitrogens is 2. The van der Waals surface area contributed by atoms with E-state index in [0.29, 0.717) is 0 Å². The molecule has 0 saturated carbocycles. The van der Waals surface area contributed by atoms with Gasteiger partial charge in [0, 0.05) is 11.1 Å². The standard InChI is InChI=1S/C19H22N4S/c1-4-10-22(11-5-1)12-13-23-18-9-3-2-8-17(18)21-19(23)20-15-16-7-6-14-24-16/h2-3,6-9,14-15H,1,4-5,10-13H2/p+1. The predicted octanol–water partition coefficient (Wildman–Crippen LogP) is 2.92. The Bertz CT molecular complexity index is 813. The molecule has 4 rings (SSSR count). The number of quaternary nitrogens is 1. The second kappa shape index (κ2) is 7.28. The van der Waals surface area contributed by atoms with Gasteiger partial charge in [0.25, 0.3) is 0 Å². The molecule has 5 heteroatoms. The third-order valence-corrected chi connectivity index (χ3v) is 5.54. The van der Waals surface area contributed by atoms with E-state index >= 15 is 0 Å². The predicted molar refractivity (Wildman–Crippen MR) is 101 cm³/mol. The molecular weight excluding hydrogens is 316 g/mol. The normalized spacial score (nSPS) is 16.3. The number of piperidine rings is 1. The van der Waals surface area contributed by atoms with Gasteiger partial charge >= 0.3 is 0 Å². The average molecular weight is 339 g/mol. The lowest BCUT2D eigenvalue weighted by Crippen LogP contribution is -3.13. The summed E-state index contributed by atoms with van der Waals surface area (Å²) in [5.41, 5.74) is 2.22. The first-order valence-electron chi connectivity index (χ1n) is 8.76. The van der Waals surface area contributed by atoms with Gasteiger partial charge in [-0.25, -0.2) is 9.98 Å².